The van der Waals surface area contributed by atoms with E-state index in [1.807, 2.05) is 54.6 Å². The van der Waals surface area contributed by atoms with Gasteiger partial charge in [0, 0.05) is 38.9 Å². The lowest BCUT2D eigenvalue weighted by molar-refractivity contribution is -0.148. The molecule has 10 heteroatoms. The molecule has 0 amide bonds. The number of ether oxygens (including phenoxy) is 1. The van der Waals surface area contributed by atoms with E-state index in [1.54, 1.807) is 21.0 Å². The lowest BCUT2D eigenvalue weighted by Gasteiger charge is -2.50. The molecule has 1 fully saturated rings. The number of hydrogen-bond donors (Lipinski definition) is 1. The van der Waals surface area contributed by atoms with Crippen LogP contribution in [0.4, 0.5) is 0 Å². The predicted molar refractivity (Wildman–Crippen MR) is 158 cm³/mol. The van der Waals surface area contributed by atoms with Crippen molar-refractivity contribution in [3.05, 3.63) is 140 Å². The molecule has 0 radical (unpaired) electrons. The van der Waals surface area contributed by atoms with Gasteiger partial charge in [-0.3, -0.25) is 19.2 Å². The summed E-state index contributed by atoms with van der Waals surface area (Å²) in [5, 5.41) is 0. The number of aryl methyl sites for hydroxylation is 1. The number of morpholine rings is 1. The van der Waals surface area contributed by atoms with Gasteiger partial charge in [-0.25, -0.2) is 4.79 Å². The number of H-pyrrole nitrogens is 1. The smallest absolute Gasteiger partial charge is 0.349 e. The van der Waals surface area contributed by atoms with Crippen LogP contribution in [0.25, 0.3) is 0 Å². The second-order valence-electron chi connectivity index (χ2n) is 10.3. The SMILES string of the molecule is Cc1cn([C@H]2CN(C(c3ccccc3)(c3ccccc3)c3ccccc3)C[C@@H](CO[P+](=O)N(C)C)O2)c(=O)[nH]c1=O. The highest BCUT2D eigenvalue weighted by Crippen LogP contribution is 2.44. The number of aromatic nitrogens is 2. The highest BCUT2D eigenvalue weighted by Gasteiger charge is 2.47. The lowest BCUT2D eigenvalue weighted by Crippen LogP contribution is -2.58. The monoisotopic (exact) mass is 573 g/mol. The standard InChI is InChI=1S/C31H33N4O5P/c1-23-19-35(30(37)32-29(23)36)28-21-34(20-27(40-28)22-39-41(38)33(2)3)31(24-13-7-4-8-14-24,25-15-9-5-10-16-25)26-17-11-6-12-18-26/h4-19,27-28H,20-22H2,1-3H3/p+1/t27-,28+/m0/s1. The summed E-state index contributed by atoms with van der Waals surface area (Å²) in [6.45, 7) is 2.44. The van der Waals surface area contributed by atoms with Gasteiger partial charge in [0.15, 0.2) is 6.23 Å². The molecule has 3 atom stereocenters. The summed E-state index contributed by atoms with van der Waals surface area (Å²) in [7, 11) is 1.31. The van der Waals surface area contributed by atoms with Gasteiger partial charge >= 0.3 is 13.9 Å². The van der Waals surface area contributed by atoms with Crippen molar-refractivity contribution in [3.8, 4) is 0 Å². The van der Waals surface area contributed by atoms with E-state index in [0.717, 1.165) is 16.7 Å². The molecule has 1 aromatic heterocycles. The fourth-order valence-corrected chi connectivity index (χ4v) is 6.01. The van der Waals surface area contributed by atoms with Crippen LogP contribution < -0.4 is 11.2 Å². The van der Waals surface area contributed by atoms with Crippen LogP contribution in [0.15, 0.2) is 107 Å². The van der Waals surface area contributed by atoms with Crippen molar-refractivity contribution in [2.45, 2.75) is 24.8 Å². The zero-order valence-corrected chi connectivity index (χ0v) is 24.2. The number of rotatable bonds is 9. The van der Waals surface area contributed by atoms with Crippen LogP contribution in [0, 0.1) is 6.92 Å². The molecule has 212 valence electrons. The van der Waals surface area contributed by atoms with E-state index < -0.39 is 37.3 Å². The van der Waals surface area contributed by atoms with E-state index in [9.17, 15) is 14.2 Å². The Balaban J connectivity index is 1.70. The van der Waals surface area contributed by atoms with Crippen molar-refractivity contribution in [1.29, 1.82) is 0 Å². The van der Waals surface area contributed by atoms with Crippen LogP contribution in [0.2, 0.25) is 0 Å². The number of nitrogens with zero attached hydrogens (tertiary/aromatic N) is 3. The molecule has 1 aliphatic heterocycles. The molecule has 3 aromatic carbocycles. The van der Waals surface area contributed by atoms with Crippen LogP contribution in [0.1, 0.15) is 28.5 Å². The summed E-state index contributed by atoms with van der Waals surface area (Å²) < 4.78 is 27.6. The quantitative estimate of drug-likeness (QED) is 0.236. The summed E-state index contributed by atoms with van der Waals surface area (Å²) in [5.41, 5.74) is 1.76. The maximum Gasteiger partial charge on any atom is 0.615 e. The average molecular weight is 574 g/mol. The van der Waals surface area contributed by atoms with Crippen molar-refractivity contribution >= 4 is 8.18 Å². The topological polar surface area (TPSA) is 96.9 Å². The normalized spacial score (nSPS) is 18.4. The van der Waals surface area contributed by atoms with Crippen LogP contribution in [-0.2, 0) is 19.4 Å². The third-order valence-electron chi connectivity index (χ3n) is 7.35. The number of aromatic amines is 1. The second-order valence-corrected chi connectivity index (χ2v) is 11.8. The van der Waals surface area contributed by atoms with Gasteiger partial charge < -0.3 is 4.74 Å². The molecule has 1 saturated heterocycles. The zero-order valence-electron chi connectivity index (χ0n) is 23.3. The molecule has 2 heterocycles. The van der Waals surface area contributed by atoms with Gasteiger partial charge in [0.2, 0.25) is 0 Å². The molecule has 41 heavy (non-hydrogen) atoms. The first-order chi connectivity index (χ1) is 19.8. The Hall–Kier alpha value is -3.72. The fourth-order valence-electron chi connectivity index (χ4n) is 5.48. The first kappa shape index (κ1) is 28.8. The Morgan fingerprint density at radius 1 is 0.902 bits per heavy atom. The molecule has 4 aromatic rings. The average Bonchev–Trinajstić information content (AvgIpc) is 2.99. The number of hydrogen-bond acceptors (Lipinski definition) is 6. The van der Waals surface area contributed by atoms with Crippen molar-refractivity contribution in [1.82, 2.24) is 19.1 Å². The molecule has 0 aliphatic carbocycles. The summed E-state index contributed by atoms with van der Waals surface area (Å²) in [5.74, 6) is 0. The van der Waals surface area contributed by atoms with Gasteiger partial charge in [0.1, 0.15) is 12.7 Å². The molecule has 0 spiro atoms. The molecular weight excluding hydrogens is 539 g/mol. The highest BCUT2D eigenvalue weighted by molar-refractivity contribution is 7.36. The summed E-state index contributed by atoms with van der Waals surface area (Å²) in [6.07, 6.45) is 0.235. The number of benzene rings is 3. The Labute approximate surface area is 239 Å². The van der Waals surface area contributed by atoms with E-state index in [0.29, 0.717) is 18.7 Å². The second kappa shape index (κ2) is 12.4. The maximum atomic E-state index is 13.0. The van der Waals surface area contributed by atoms with E-state index >= 15 is 0 Å². The number of nitrogens with one attached hydrogen (secondary N) is 1. The fraction of sp³-hybridized carbons (Fsp3) is 0.290. The van der Waals surface area contributed by atoms with Crippen LogP contribution in [0.5, 0.6) is 0 Å². The summed E-state index contributed by atoms with van der Waals surface area (Å²) >= 11 is 0. The first-order valence-electron chi connectivity index (χ1n) is 13.5. The highest BCUT2D eigenvalue weighted by atomic mass is 31.1. The zero-order chi connectivity index (χ0) is 29.0. The molecular formula is C31H34N4O5P+. The van der Waals surface area contributed by atoms with Gasteiger partial charge in [0.05, 0.1) is 5.54 Å². The van der Waals surface area contributed by atoms with Crippen LogP contribution >= 0.6 is 8.18 Å². The predicted octanol–water partition coefficient (Wildman–Crippen LogP) is 4.27. The molecule has 9 nitrogen and oxygen atoms in total. The van der Waals surface area contributed by atoms with Gasteiger partial charge in [-0.05, 0) is 28.2 Å². The third-order valence-corrected chi connectivity index (χ3v) is 8.38. The molecule has 1 unspecified atom stereocenters. The summed E-state index contributed by atoms with van der Waals surface area (Å²) in [4.78, 5) is 29.9. The van der Waals surface area contributed by atoms with Crippen molar-refractivity contribution < 1.29 is 13.8 Å². The van der Waals surface area contributed by atoms with E-state index in [1.165, 1.54) is 15.4 Å². The molecule has 1 aliphatic rings. The van der Waals surface area contributed by atoms with E-state index in [-0.39, 0.29) is 6.61 Å². The molecule has 5 rings (SSSR count). The van der Waals surface area contributed by atoms with Gasteiger partial charge in [-0.1, -0.05) is 95.7 Å². The minimum Gasteiger partial charge on any atom is -0.349 e. The Bertz CT molecular complexity index is 1500. The first-order valence-corrected chi connectivity index (χ1v) is 14.6. The Morgan fingerprint density at radius 3 is 1.90 bits per heavy atom. The summed E-state index contributed by atoms with van der Waals surface area (Å²) in [6, 6.07) is 30.7. The largest absolute Gasteiger partial charge is 0.615 e. The Morgan fingerprint density at radius 2 is 1.41 bits per heavy atom. The van der Waals surface area contributed by atoms with E-state index in [2.05, 4.69) is 46.3 Å². The Kier molecular flexibility index (Phi) is 8.73. The van der Waals surface area contributed by atoms with Crippen molar-refractivity contribution in [3.63, 3.8) is 0 Å². The van der Waals surface area contributed by atoms with E-state index in [4.69, 9.17) is 9.26 Å². The molecule has 0 bridgehead atoms. The maximum absolute atomic E-state index is 13.0. The molecule has 1 N–H and O–H groups in total. The van der Waals surface area contributed by atoms with Crippen LogP contribution in [-0.4, -0.2) is 59.0 Å². The van der Waals surface area contributed by atoms with Gasteiger partial charge in [-0.2, -0.15) is 0 Å². The lowest BCUT2D eigenvalue weighted by atomic mass is 9.75. The molecule has 0 saturated carbocycles. The van der Waals surface area contributed by atoms with Gasteiger partial charge in [-0.15, -0.1) is 4.52 Å². The van der Waals surface area contributed by atoms with Crippen molar-refractivity contribution in [2.75, 3.05) is 33.8 Å². The third kappa shape index (κ3) is 5.86. The minimum atomic E-state index is -2.05. The van der Waals surface area contributed by atoms with Crippen molar-refractivity contribution in [2.24, 2.45) is 0 Å². The minimum absolute atomic E-state index is 0.0475. The van der Waals surface area contributed by atoms with Gasteiger partial charge in [0.25, 0.3) is 5.56 Å². The van der Waals surface area contributed by atoms with Crippen LogP contribution in [0.3, 0.4) is 0 Å².